The molecule has 0 atom stereocenters. The van der Waals surface area contributed by atoms with Crippen LogP contribution in [0.15, 0.2) is 6.33 Å². The lowest BCUT2D eigenvalue weighted by Gasteiger charge is -2.03. The van der Waals surface area contributed by atoms with Crippen molar-refractivity contribution in [3.63, 3.8) is 0 Å². The predicted molar refractivity (Wildman–Crippen MR) is 30.8 cm³/mol. The molecule has 0 unspecified atom stereocenters. The molecule has 1 rings (SSSR count). The Morgan fingerprint density at radius 1 is 1.55 bits per heavy atom. The van der Waals surface area contributed by atoms with Crippen molar-refractivity contribution >= 4 is 0 Å². The summed E-state index contributed by atoms with van der Waals surface area (Å²) in [6.45, 7) is 0. The fraction of sp³-hybridized carbons (Fsp3) is 0.600. The highest BCUT2D eigenvalue weighted by atomic mass is 19.4. The van der Waals surface area contributed by atoms with E-state index < -0.39 is 12.6 Å². The molecule has 0 aliphatic carbocycles. The molecule has 11 heavy (non-hydrogen) atoms. The molecule has 0 saturated carbocycles. The number of hydrogen-bond acceptors (Lipinski definition) is 2. The maximum Gasteiger partial charge on any atom is 0.396 e. The molecule has 1 aromatic heterocycles. The molecule has 62 valence electrons. The van der Waals surface area contributed by atoms with E-state index in [1.165, 1.54) is 17.9 Å². The van der Waals surface area contributed by atoms with Crippen LogP contribution in [0.5, 0.6) is 0 Å². The maximum atomic E-state index is 11.7. The van der Waals surface area contributed by atoms with Crippen LogP contribution in [-0.2, 0) is 13.5 Å². The highest BCUT2D eigenvalue weighted by molar-refractivity contribution is 4.86. The topological polar surface area (TPSA) is 30.7 Å². The predicted octanol–water partition coefficient (Wildman–Crippen LogP) is 0.920. The molecule has 0 amide bonds. The molecule has 0 aliphatic heterocycles. The average molecular weight is 165 g/mol. The van der Waals surface area contributed by atoms with Crippen LogP contribution in [0.3, 0.4) is 0 Å². The van der Waals surface area contributed by atoms with Gasteiger partial charge in [0.25, 0.3) is 0 Å². The van der Waals surface area contributed by atoms with Gasteiger partial charge in [0.1, 0.15) is 18.6 Å². The summed E-state index contributed by atoms with van der Waals surface area (Å²) in [6.07, 6.45) is -3.99. The van der Waals surface area contributed by atoms with Crippen LogP contribution in [0.1, 0.15) is 5.82 Å². The Kier molecular flexibility index (Phi) is 1.84. The van der Waals surface area contributed by atoms with Crippen LogP contribution in [0, 0.1) is 0 Å². The first-order chi connectivity index (χ1) is 4.99. The quantitative estimate of drug-likeness (QED) is 0.619. The standard InChI is InChI=1S/C5H6F3N3/c1-11-3-9-10-4(11)2-5(6,7)8/h3H,2H2,1H3. The minimum absolute atomic E-state index is 0.0718. The van der Waals surface area contributed by atoms with E-state index in [2.05, 4.69) is 10.2 Å². The maximum absolute atomic E-state index is 11.7. The van der Waals surface area contributed by atoms with Crippen LogP contribution in [0.25, 0.3) is 0 Å². The van der Waals surface area contributed by atoms with Crippen molar-refractivity contribution in [3.8, 4) is 0 Å². The zero-order chi connectivity index (χ0) is 8.48. The zero-order valence-electron chi connectivity index (χ0n) is 5.76. The van der Waals surface area contributed by atoms with Crippen LogP contribution < -0.4 is 0 Å². The number of hydrogen-bond donors (Lipinski definition) is 0. The SMILES string of the molecule is Cn1cnnc1CC(F)(F)F. The summed E-state index contributed by atoms with van der Waals surface area (Å²) in [4.78, 5) is 0. The van der Waals surface area contributed by atoms with Crippen LogP contribution in [-0.4, -0.2) is 20.9 Å². The Balaban J connectivity index is 2.72. The highest BCUT2D eigenvalue weighted by Crippen LogP contribution is 2.19. The van der Waals surface area contributed by atoms with Crippen LogP contribution in [0.2, 0.25) is 0 Å². The van der Waals surface area contributed by atoms with Gasteiger partial charge >= 0.3 is 6.18 Å². The van der Waals surface area contributed by atoms with Gasteiger partial charge in [0, 0.05) is 7.05 Å². The van der Waals surface area contributed by atoms with E-state index in [4.69, 9.17) is 0 Å². The summed E-state index contributed by atoms with van der Waals surface area (Å²) in [7, 11) is 1.47. The lowest BCUT2D eigenvalue weighted by molar-refractivity contribution is -0.128. The number of nitrogens with zero attached hydrogens (tertiary/aromatic N) is 3. The second kappa shape index (κ2) is 2.52. The van der Waals surface area contributed by atoms with E-state index >= 15 is 0 Å². The van der Waals surface area contributed by atoms with Crippen molar-refractivity contribution < 1.29 is 13.2 Å². The third-order valence-corrected chi connectivity index (χ3v) is 1.16. The van der Waals surface area contributed by atoms with Gasteiger partial charge < -0.3 is 4.57 Å². The summed E-state index contributed by atoms with van der Waals surface area (Å²) < 4.78 is 36.4. The highest BCUT2D eigenvalue weighted by Gasteiger charge is 2.29. The first-order valence-corrected chi connectivity index (χ1v) is 2.88. The molecule has 0 aliphatic rings. The third kappa shape index (κ3) is 2.21. The van der Waals surface area contributed by atoms with Crippen LogP contribution in [0.4, 0.5) is 13.2 Å². The van der Waals surface area contributed by atoms with Gasteiger partial charge in [-0.1, -0.05) is 0 Å². The minimum atomic E-state index is -4.21. The number of aromatic nitrogens is 3. The molecule has 0 bridgehead atoms. The number of alkyl halides is 3. The Bertz CT molecular complexity index is 239. The normalized spacial score (nSPS) is 12.0. The summed E-state index contributed by atoms with van der Waals surface area (Å²) in [5, 5.41) is 6.61. The number of aryl methyl sites for hydroxylation is 1. The first kappa shape index (κ1) is 8.03. The summed E-state index contributed by atoms with van der Waals surface area (Å²) in [5.74, 6) is -0.0718. The molecule has 3 nitrogen and oxygen atoms in total. The molecular weight excluding hydrogens is 159 g/mol. The average Bonchev–Trinajstić information content (AvgIpc) is 2.12. The largest absolute Gasteiger partial charge is 0.396 e. The zero-order valence-corrected chi connectivity index (χ0v) is 5.76. The van der Waals surface area contributed by atoms with E-state index in [0.717, 1.165) is 0 Å². The summed E-state index contributed by atoms with van der Waals surface area (Å²) in [6, 6.07) is 0. The molecule has 0 saturated heterocycles. The molecule has 0 N–H and O–H groups in total. The number of halogens is 3. The van der Waals surface area contributed by atoms with E-state index in [-0.39, 0.29) is 5.82 Å². The van der Waals surface area contributed by atoms with Gasteiger partial charge in [0.15, 0.2) is 0 Å². The molecule has 1 heterocycles. The fourth-order valence-electron chi connectivity index (χ4n) is 0.646. The monoisotopic (exact) mass is 165 g/mol. The second-order valence-electron chi connectivity index (χ2n) is 2.15. The van der Waals surface area contributed by atoms with Gasteiger partial charge in [-0.2, -0.15) is 13.2 Å². The fourth-order valence-corrected chi connectivity index (χ4v) is 0.646. The van der Waals surface area contributed by atoms with Crippen LogP contribution >= 0.6 is 0 Å². The minimum Gasteiger partial charge on any atom is -0.320 e. The molecule has 0 aromatic carbocycles. The Morgan fingerprint density at radius 2 is 2.18 bits per heavy atom. The third-order valence-electron chi connectivity index (χ3n) is 1.16. The first-order valence-electron chi connectivity index (χ1n) is 2.88. The van der Waals surface area contributed by atoms with Crippen molar-refractivity contribution in [2.24, 2.45) is 7.05 Å². The Morgan fingerprint density at radius 3 is 2.55 bits per heavy atom. The van der Waals surface area contributed by atoms with Crippen molar-refractivity contribution in [3.05, 3.63) is 12.2 Å². The van der Waals surface area contributed by atoms with Crippen molar-refractivity contribution in [1.82, 2.24) is 14.8 Å². The lowest BCUT2D eigenvalue weighted by atomic mass is 10.4. The summed E-state index contributed by atoms with van der Waals surface area (Å²) >= 11 is 0. The summed E-state index contributed by atoms with van der Waals surface area (Å²) in [5.41, 5.74) is 0. The number of rotatable bonds is 1. The van der Waals surface area contributed by atoms with Gasteiger partial charge in [-0.05, 0) is 0 Å². The van der Waals surface area contributed by atoms with Crippen molar-refractivity contribution in [2.75, 3.05) is 0 Å². The van der Waals surface area contributed by atoms with E-state index in [1.54, 1.807) is 0 Å². The van der Waals surface area contributed by atoms with Crippen molar-refractivity contribution in [2.45, 2.75) is 12.6 Å². The molecule has 0 spiro atoms. The van der Waals surface area contributed by atoms with E-state index in [9.17, 15) is 13.2 Å². The molecule has 6 heteroatoms. The Hall–Kier alpha value is -1.07. The second-order valence-corrected chi connectivity index (χ2v) is 2.15. The molecule has 1 aromatic rings. The van der Waals surface area contributed by atoms with Gasteiger partial charge in [-0.3, -0.25) is 0 Å². The van der Waals surface area contributed by atoms with E-state index in [0.29, 0.717) is 0 Å². The molecule has 0 fully saturated rings. The Labute approximate surface area is 60.8 Å². The van der Waals surface area contributed by atoms with Gasteiger partial charge in [0.2, 0.25) is 0 Å². The lowest BCUT2D eigenvalue weighted by Crippen LogP contribution is -2.14. The molecule has 0 radical (unpaired) electrons. The van der Waals surface area contributed by atoms with E-state index in [1.807, 2.05) is 0 Å². The van der Waals surface area contributed by atoms with Crippen molar-refractivity contribution in [1.29, 1.82) is 0 Å². The van der Waals surface area contributed by atoms with Gasteiger partial charge in [0.05, 0.1) is 0 Å². The van der Waals surface area contributed by atoms with Gasteiger partial charge in [-0.25, -0.2) is 0 Å². The molecular formula is C5H6F3N3. The van der Waals surface area contributed by atoms with Gasteiger partial charge in [-0.15, -0.1) is 10.2 Å². The smallest absolute Gasteiger partial charge is 0.320 e.